The molecule has 1 radical (unpaired) electrons. The van der Waals surface area contributed by atoms with Crippen molar-refractivity contribution in [3.05, 3.63) is 0 Å². The molecule has 0 aliphatic rings. The standard InChI is InChI=1S/C14H30NO4/c1-5-9-16-13(17-10-6-2)15-14(18-11-7-3)19-12-8-4/h13-14H,5-12H2,1-4H3. The van der Waals surface area contributed by atoms with E-state index in [0.29, 0.717) is 26.4 Å². The van der Waals surface area contributed by atoms with Crippen molar-refractivity contribution in [1.82, 2.24) is 5.32 Å². The van der Waals surface area contributed by atoms with E-state index in [9.17, 15) is 0 Å². The van der Waals surface area contributed by atoms with Gasteiger partial charge < -0.3 is 18.9 Å². The molecule has 115 valence electrons. The average molecular weight is 276 g/mol. The minimum absolute atomic E-state index is 0.599. The molecule has 5 heteroatoms. The number of nitrogens with zero attached hydrogens (tertiary/aromatic N) is 1. The van der Waals surface area contributed by atoms with E-state index in [1.54, 1.807) is 0 Å². The van der Waals surface area contributed by atoms with Crippen LogP contribution < -0.4 is 5.32 Å². The summed E-state index contributed by atoms with van der Waals surface area (Å²) < 4.78 is 22.1. The molecular weight excluding hydrogens is 246 g/mol. The van der Waals surface area contributed by atoms with Crippen molar-refractivity contribution in [2.75, 3.05) is 26.4 Å². The molecule has 0 aliphatic heterocycles. The van der Waals surface area contributed by atoms with Gasteiger partial charge in [-0.25, -0.2) is 0 Å². The Labute approximate surface area is 117 Å². The Kier molecular flexibility index (Phi) is 14.1. The van der Waals surface area contributed by atoms with E-state index in [1.807, 2.05) is 0 Å². The lowest BCUT2D eigenvalue weighted by atomic mass is 10.5. The highest BCUT2D eigenvalue weighted by Gasteiger charge is 2.18. The molecule has 0 unspecified atom stereocenters. The van der Waals surface area contributed by atoms with Crippen LogP contribution in [0, 0.1) is 0 Å². The summed E-state index contributed by atoms with van der Waals surface area (Å²) in [4.78, 5) is 0. The molecule has 0 amide bonds. The van der Waals surface area contributed by atoms with E-state index in [-0.39, 0.29) is 0 Å². The van der Waals surface area contributed by atoms with Gasteiger partial charge in [0, 0.05) is 0 Å². The summed E-state index contributed by atoms with van der Waals surface area (Å²) in [7, 11) is 0. The van der Waals surface area contributed by atoms with Crippen LogP contribution in [0.1, 0.15) is 53.4 Å². The molecule has 0 N–H and O–H groups in total. The quantitative estimate of drug-likeness (QED) is 0.458. The molecule has 0 aliphatic carbocycles. The van der Waals surface area contributed by atoms with Gasteiger partial charge in [0.15, 0.2) is 0 Å². The van der Waals surface area contributed by atoms with Crippen LogP contribution in [0.4, 0.5) is 0 Å². The molecule has 0 aromatic carbocycles. The highest BCUT2D eigenvalue weighted by molar-refractivity contribution is 4.46. The molecule has 5 nitrogen and oxygen atoms in total. The van der Waals surface area contributed by atoms with Gasteiger partial charge in [0.2, 0.25) is 12.8 Å². The minimum atomic E-state index is -0.599. The molecule has 0 spiro atoms. The highest BCUT2D eigenvalue weighted by atomic mass is 16.7. The van der Waals surface area contributed by atoms with Crippen LogP contribution in [-0.2, 0) is 18.9 Å². The Morgan fingerprint density at radius 1 is 0.579 bits per heavy atom. The predicted molar refractivity (Wildman–Crippen MR) is 74.7 cm³/mol. The first kappa shape index (κ1) is 18.8. The number of hydrogen-bond donors (Lipinski definition) is 0. The zero-order valence-corrected chi connectivity index (χ0v) is 12.9. The van der Waals surface area contributed by atoms with Crippen molar-refractivity contribution in [2.24, 2.45) is 0 Å². The first-order valence-corrected chi connectivity index (χ1v) is 7.44. The first-order chi connectivity index (χ1) is 9.28. The van der Waals surface area contributed by atoms with Crippen molar-refractivity contribution in [2.45, 2.75) is 66.2 Å². The second kappa shape index (κ2) is 14.2. The zero-order valence-electron chi connectivity index (χ0n) is 12.9. The molecule has 0 fully saturated rings. The van der Waals surface area contributed by atoms with Gasteiger partial charge in [-0.1, -0.05) is 27.7 Å². The third-order valence-electron chi connectivity index (χ3n) is 2.10. The molecule has 0 aromatic rings. The molecule has 0 saturated carbocycles. The van der Waals surface area contributed by atoms with E-state index in [1.165, 1.54) is 0 Å². The maximum Gasteiger partial charge on any atom is 0.236 e. The van der Waals surface area contributed by atoms with Crippen molar-refractivity contribution in [3.8, 4) is 0 Å². The summed E-state index contributed by atoms with van der Waals surface area (Å²) >= 11 is 0. The van der Waals surface area contributed by atoms with E-state index in [2.05, 4.69) is 33.0 Å². The Morgan fingerprint density at radius 2 is 0.842 bits per heavy atom. The molecule has 0 heterocycles. The Hall–Kier alpha value is -0.200. The second-order valence-electron chi connectivity index (χ2n) is 4.25. The summed E-state index contributed by atoms with van der Waals surface area (Å²) in [6.45, 7) is 10.7. The summed E-state index contributed by atoms with van der Waals surface area (Å²) in [5, 5.41) is 4.34. The molecule has 19 heavy (non-hydrogen) atoms. The maximum absolute atomic E-state index is 5.53. The number of rotatable bonds is 14. The first-order valence-electron chi connectivity index (χ1n) is 7.44. The van der Waals surface area contributed by atoms with Gasteiger partial charge in [-0.3, -0.25) is 0 Å². The van der Waals surface area contributed by atoms with Crippen LogP contribution in [0.25, 0.3) is 0 Å². The third kappa shape index (κ3) is 11.3. The topological polar surface area (TPSA) is 51.0 Å². The molecular formula is C14H30NO4. The maximum atomic E-state index is 5.53. The van der Waals surface area contributed by atoms with E-state index in [4.69, 9.17) is 18.9 Å². The highest BCUT2D eigenvalue weighted by Crippen LogP contribution is 2.03. The van der Waals surface area contributed by atoms with Crippen molar-refractivity contribution >= 4 is 0 Å². The smallest absolute Gasteiger partial charge is 0.236 e. The molecule has 0 atom stereocenters. The fourth-order valence-electron chi connectivity index (χ4n) is 1.24. The summed E-state index contributed by atoms with van der Waals surface area (Å²) in [6, 6.07) is 0. The Morgan fingerprint density at radius 3 is 1.05 bits per heavy atom. The normalized spacial score (nSPS) is 11.7. The van der Waals surface area contributed by atoms with Crippen LogP contribution in [0.2, 0.25) is 0 Å². The van der Waals surface area contributed by atoms with Crippen molar-refractivity contribution < 1.29 is 18.9 Å². The second-order valence-corrected chi connectivity index (χ2v) is 4.25. The molecule has 0 saturated heterocycles. The molecule has 0 rings (SSSR count). The number of hydrogen-bond acceptors (Lipinski definition) is 4. The van der Waals surface area contributed by atoms with Crippen LogP contribution in [0.15, 0.2) is 0 Å². The summed E-state index contributed by atoms with van der Waals surface area (Å²) in [5.41, 5.74) is 0. The monoisotopic (exact) mass is 276 g/mol. The van der Waals surface area contributed by atoms with Crippen LogP contribution in [0.5, 0.6) is 0 Å². The van der Waals surface area contributed by atoms with Gasteiger partial charge >= 0.3 is 0 Å². The van der Waals surface area contributed by atoms with Crippen LogP contribution in [-0.4, -0.2) is 39.3 Å². The summed E-state index contributed by atoms with van der Waals surface area (Å²) in [5.74, 6) is 0. The van der Waals surface area contributed by atoms with Gasteiger partial charge in [-0.2, -0.15) is 0 Å². The van der Waals surface area contributed by atoms with Gasteiger partial charge in [-0.05, 0) is 25.7 Å². The Balaban J connectivity index is 4.16. The van der Waals surface area contributed by atoms with Crippen LogP contribution in [0.3, 0.4) is 0 Å². The van der Waals surface area contributed by atoms with Gasteiger partial charge in [0.25, 0.3) is 0 Å². The third-order valence-corrected chi connectivity index (χ3v) is 2.10. The number of ether oxygens (including phenoxy) is 4. The molecule has 0 aromatic heterocycles. The lowest BCUT2D eigenvalue weighted by Gasteiger charge is -2.23. The van der Waals surface area contributed by atoms with E-state index in [0.717, 1.165) is 25.7 Å². The lowest BCUT2D eigenvalue weighted by Crippen LogP contribution is -2.39. The Bertz CT molecular complexity index is 147. The largest absolute Gasteiger partial charge is 0.339 e. The SMILES string of the molecule is CCCOC([N]C(OCCC)OCCC)OCCC. The zero-order chi connectivity index (χ0) is 14.3. The minimum Gasteiger partial charge on any atom is -0.339 e. The van der Waals surface area contributed by atoms with Crippen molar-refractivity contribution in [3.63, 3.8) is 0 Å². The lowest BCUT2D eigenvalue weighted by molar-refractivity contribution is -0.240. The predicted octanol–water partition coefficient (Wildman–Crippen LogP) is 2.86. The fraction of sp³-hybridized carbons (Fsp3) is 1.00. The van der Waals surface area contributed by atoms with E-state index >= 15 is 0 Å². The van der Waals surface area contributed by atoms with E-state index < -0.39 is 12.8 Å². The fourth-order valence-corrected chi connectivity index (χ4v) is 1.24. The van der Waals surface area contributed by atoms with Crippen molar-refractivity contribution in [1.29, 1.82) is 0 Å². The molecule has 0 bridgehead atoms. The average Bonchev–Trinajstić information content (AvgIpc) is 2.44. The van der Waals surface area contributed by atoms with Gasteiger partial charge in [-0.15, -0.1) is 5.32 Å². The van der Waals surface area contributed by atoms with Gasteiger partial charge in [0.1, 0.15) is 0 Å². The van der Waals surface area contributed by atoms with Gasteiger partial charge in [0.05, 0.1) is 26.4 Å². The van der Waals surface area contributed by atoms with Crippen LogP contribution >= 0.6 is 0 Å². The summed E-state index contributed by atoms with van der Waals surface area (Å²) in [6.07, 6.45) is 2.52.